The second-order valence-corrected chi connectivity index (χ2v) is 5.56. The van der Waals surface area contributed by atoms with Crippen molar-refractivity contribution in [1.82, 2.24) is 4.98 Å². The Kier molecular flexibility index (Phi) is 3.59. The van der Waals surface area contributed by atoms with Crippen molar-refractivity contribution in [1.29, 1.82) is 5.26 Å². The van der Waals surface area contributed by atoms with Gasteiger partial charge in [-0.15, -0.1) is 0 Å². The summed E-state index contributed by atoms with van der Waals surface area (Å²) in [5, 5.41) is 10.0. The number of halogens is 2. The Morgan fingerprint density at radius 1 is 1.19 bits per heavy atom. The van der Waals surface area contributed by atoms with Gasteiger partial charge in [0.25, 0.3) is 0 Å². The molecule has 0 bridgehead atoms. The van der Waals surface area contributed by atoms with Crippen LogP contribution in [-0.2, 0) is 0 Å². The molecule has 0 saturated carbocycles. The third kappa shape index (κ3) is 2.61. The van der Waals surface area contributed by atoms with E-state index in [4.69, 9.17) is 32.9 Å². The van der Waals surface area contributed by atoms with Gasteiger partial charge in [0.2, 0.25) is 5.89 Å². The number of nitriles is 1. The van der Waals surface area contributed by atoms with E-state index in [9.17, 15) is 0 Å². The molecule has 0 N–H and O–H groups in total. The highest BCUT2D eigenvalue weighted by molar-refractivity contribution is 6.36. The fourth-order valence-corrected chi connectivity index (χ4v) is 2.56. The van der Waals surface area contributed by atoms with Gasteiger partial charge in [0.15, 0.2) is 5.58 Å². The van der Waals surface area contributed by atoms with Crippen LogP contribution in [0.4, 0.5) is 0 Å². The summed E-state index contributed by atoms with van der Waals surface area (Å²) in [6, 6.07) is 12.9. The first-order chi connectivity index (χ1) is 10.1. The van der Waals surface area contributed by atoms with Crippen molar-refractivity contribution in [2.45, 2.75) is 12.8 Å². The van der Waals surface area contributed by atoms with Crippen LogP contribution in [0.15, 0.2) is 40.8 Å². The fourth-order valence-electron chi connectivity index (χ4n) is 2.07. The molecule has 3 rings (SSSR count). The molecule has 0 spiro atoms. The molecule has 1 atom stereocenters. The standard InChI is InChI=1S/C16H10Cl2N2O/c1-9(8-19)10-2-5-15-14(6-10)20-16(21-15)12-4-3-11(17)7-13(12)18/h2-7,9H,1H3. The lowest BCUT2D eigenvalue weighted by atomic mass is 10.0. The molecular weight excluding hydrogens is 307 g/mol. The lowest BCUT2D eigenvalue weighted by molar-refractivity contribution is 0.620. The van der Waals surface area contributed by atoms with Gasteiger partial charge >= 0.3 is 0 Å². The molecule has 0 radical (unpaired) electrons. The Labute approximate surface area is 131 Å². The summed E-state index contributed by atoms with van der Waals surface area (Å²) >= 11 is 12.1. The van der Waals surface area contributed by atoms with Crippen molar-refractivity contribution < 1.29 is 4.42 Å². The highest BCUT2D eigenvalue weighted by Gasteiger charge is 2.13. The van der Waals surface area contributed by atoms with Gasteiger partial charge in [-0.2, -0.15) is 5.26 Å². The summed E-state index contributed by atoms with van der Waals surface area (Å²) in [7, 11) is 0. The number of fused-ring (bicyclic) bond motifs is 1. The van der Waals surface area contributed by atoms with E-state index in [1.54, 1.807) is 18.2 Å². The van der Waals surface area contributed by atoms with Gasteiger partial charge in [0.1, 0.15) is 5.52 Å². The molecule has 2 aromatic carbocycles. The minimum Gasteiger partial charge on any atom is -0.436 e. The van der Waals surface area contributed by atoms with Gasteiger partial charge in [-0.1, -0.05) is 29.3 Å². The number of aromatic nitrogens is 1. The van der Waals surface area contributed by atoms with E-state index in [0.717, 1.165) is 5.56 Å². The third-order valence-corrected chi connectivity index (χ3v) is 3.81. The molecule has 1 unspecified atom stereocenters. The van der Waals surface area contributed by atoms with Gasteiger partial charge in [0, 0.05) is 5.02 Å². The molecule has 0 aliphatic carbocycles. The van der Waals surface area contributed by atoms with Gasteiger partial charge in [-0.05, 0) is 42.8 Å². The quantitative estimate of drug-likeness (QED) is 0.633. The maximum absolute atomic E-state index is 8.98. The molecule has 21 heavy (non-hydrogen) atoms. The lowest BCUT2D eigenvalue weighted by Crippen LogP contribution is -1.88. The van der Waals surface area contributed by atoms with Crippen LogP contribution >= 0.6 is 23.2 Å². The van der Waals surface area contributed by atoms with Gasteiger partial charge < -0.3 is 4.42 Å². The normalized spacial score (nSPS) is 12.3. The zero-order valence-electron chi connectivity index (χ0n) is 11.1. The van der Waals surface area contributed by atoms with Gasteiger partial charge in [-0.3, -0.25) is 0 Å². The summed E-state index contributed by atoms with van der Waals surface area (Å²) in [5.74, 6) is 0.252. The first-order valence-electron chi connectivity index (χ1n) is 6.34. The van der Waals surface area contributed by atoms with E-state index in [0.29, 0.717) is 32.6 Å². The maximum Gasteiger partial charge on any atom is 0.228 e. The van der Waals surface area contributed by atoms with E-state index in [2.05, 4.69) is 11.1 Å². The Morgan fingerprint density at radius 3 is 2.71 bits per heavy atom. The third-order valence-electron chi connectivity index (χ3n) is 3.27. The number of nitrogens with zero attached hydrogens (tertiary/aromatic N) is 2. The van der Waals surface area contributed by atoms with Crippen molar-refractivity contribution in [3.8, 4) is 17.5 Å². The Morgan fingerprint density at radius 2 is 2.00 bits per heavy atom. The van der Waals surface area contributed by atoms with E-state index < -0.39 is 0 Å². The van der Waals surface area contributed by atoms with Crippen LogP contribution in [-0.4, -0.2) is 4.98 Å². The van der Waals surface area contributed by atoms with E-state index in [-0.39, 0.29) is 5.92 Å². The van der Waals surface area contributed by atoms with Crippen LogP contribution in [0, 0.1) is 11.3 Å². The summed E-state index contributed by atoms with van der Waals surface area (Å²) in [6.07, 6.45) is 0. The number of oxazole rings is 1. The minimum atomic E-state index is -0.186. The lowest BCUT2D eigenvalue weighted by Gasteiger charge is -2.00. The minimum absolute atomic E-state index is 0.186. The van der Waals surface area contributed by atoms with Gasteiger partial charge in [-0.25, -0.2) is 4.98 Å². The zero-order valence-corrected chi connectivity index (χ0v) is 12.6. The first kappa shape index (κ1) is 13.9. The summed E-state index contributed by atoms with van der Waals surface area (Å²) < 4.78 is 5.72. The molecule has 0 aliphatic rings. The second kappa shape index (κ2) is 5.40. The average molecular weight is 317 g/mol. The molecule has 0 amide bonds. The molecule has 3 aromatic rings. The van der Waals surface area contributed by atoms with E-state index in [1.807, 2.05) is 25.1 Å². The van der Waals surface area contributed by atoms with Crippen molar-refractivity contribution in [2.75, 3.05) is 0 Å². The molecule has 1 aromatic heterocycles. The van der Waals surface area contributed by atoms with Gasteiger partial charge in [0.05, 0.1) is 22.6 Å². The second-order valence-electron chi connectivity index (χ2n) is 4.72. The monoisotopic (exact) mass is 316 g/mol. The van der Waals surface area contributed by atoms with Crippen LogP contribution in [0.1, 0.15) is 18.4 Å². The SMILES string of the molecule is CC(C#N)c1ccc2oc(-c3ccc(Cl)cc3Cl)nc2c1. The molecule has 104 valence electrons. The largest absolute Gasteiger partial charge is 0.436 e. The highest BCUT2D eigenvalue weighted by atomic mass is 35.5. The average Bonchev–Trinajstić information content (AvgIpc) is 2.88. The van der Waals surface area contributed by atoms with Crippen molar-refractivity contribution in [2.24, 2.45) is 0 Å². The van der Waals surface area contributed by atoms with E-state index in [1.165, 1.54) is 0 Å². The highest BCUT2D eigenvalue weighted by Crippen LogP contribution is 2.32. The van der Waals surface area contributed by atoms with Crippen LogP contribution in [0.5, 0.6) is 0 Å². The molecule has 5 heteroatoms. The molecule has 0 aliphatic heterocycles. The summed E-state index contributed by atoms with van der Waals surface area (Å²) in [4.78, 5) is 4.45. The van der Waals surface area contributed by atoms with Crippen molar-refractivity contribution >= 4 is 34.3 Å². The van der Waals surface area contributed by atoms with Crippen LogP contribution in [0.3, 0.4) is 0 Å². The van der Waals surface area contributed by atoms with Crippen molar-refractivity contribution in [3.63, 3.8) is 0 Å². The number of hydrogen-bond acceptors (Lipinski definition) is 3. The molecule has 1 heterocycles. The predicted octanol–water partition coefficient (Wildman–Crippen LogP) is 5.43. The first-order valence-corrected chi connectivity index (χ1v) is 7.09. The number of hydrogen-bond donors (Lipinski definition) is 0. The molecule has 0 fully saturated rings. The van der Waals surface area contributed by atoms with Crippen LogP contribution in [0.25, 0.3) is 22.6 Å². The Hall–Kier alpha value is -2.02. The Balaban J connectivity index is 2.11. The zero-order chi connectivity index (χ0) is 15.0. The maximum atomic E-state index is 8.98. The molecular formula is C16H10Cl2N2O. The molecule has 3 nitrogen and oxygen atoms in total. The summed E-state index contributed by atoms with van der Waals surface area (Å²) in [6.45, 7) is 1.85. The fraction of sp³-hybridized carbons (Fsp3) is 0.125. The summed E-state index contributed by atoms with van der Waals surface area (Å²) in [5.41, 5.74) is 2.96. The number of rotatable bonds is 2. The van der Waals surface area contributed by atoms with Crippen LogP contribution < -0.4 is 0 Å². The van der Waals surface area contributed by atoms with E-state index >= 15 is 0 Å². The predicted molar refractivity (Wildman–Crippen MR) is 83.5 cm³/mol. The molecule has 0 saturated heterocycles. The van der Waals surface area contributed by atoms with Crippen molar-refractivity contribution in [3.05, 3.63) is 52.0 Å². The Bertz CT molecular complexity index is 864. The smallest absolute Gasteiger partial charge is 0.228 e. The topological polar surface area (TPSA) is 49.8 Å². The number of benzene rings is 2. The van der Waals surface area contributed by atoms with Crippen LogP contribution in [0.2, 0.25) is 10.0 Å².